The normalized spacial score (nSPS) is 14.8. The van der Waals surface area contributed by atoms with Crippen LogP contribution in [0.4, 0.5) is 0 Å². The number of rotatable bonds is 20. The summed E-state index contributed by atoms with van der Waals surface area (Å²) in [4.78, 5) is 10.8. The third kappa shape index (κ3) is 18.6. The molecule has 0 aromatic heterocycles. The van der Waals surface area contributed by atoms with Crippen LogP contribution in [0.3, 0.4) is 0 Å². The van der Waals surface area contributed by atoms with Gasteiger partial charge in [0.15, 0.2) is 0 Å². The smallest absolute Gasteiger partial charge is 0.306 e. The molecule has 0 radical (unpaired) electrons. The van der Waals surface area contributed by atoms with Gasteiger partial charge in [-0.25, -0.2) is 0 Å². The Morgan fingerprint density at radius 2 is 0.926 bits per heavy atom. The van der Waals surface area contributed by atoms with Crippen LogP contribution >= 0.6 is 0 Å². The molecule has 0 aliphatic heterocycles. The second kappa shape index (κ2) is 18.8. The summed E-state index contributed by atoms with van der Waals surface area (Å²) in [6.45, 7) is 8.97. The summed E-state index contributed by atoms with van der Waals surface area (Å²) in [5.41, 5.74) is 0. The Morgan fingerprint density at radius 3 is 1.33 bits per heavy atom. The predicted octanol–water partition coefficient (Wildman–Crippen LogP) is 8.63. The van der Waals surface area contributed by atoms with Crippen molar-refractivity contribution in [3.8, 4) is 0 Å². The first-order chi connectivity index (χ1) is 13.0. The zero-order valence-corrected chi connectivity index (χ0v) is 19.1. The predicted molar refractivity (Wildman–Crippen MR) is 119 cm³/mol. The second-order valence-electron chi connectivity index (χ2n) is 9.28. The summed E-state index contributed by atoms with van der Waals surface area (Å²) >= 11 is 0. The van der Waals surface area contributed by atoms with Crippen molar-refractivity contribution in [2.24, 2.45) is 17.8 Å². The van der Waals surface area contributed by atoms with Gasteiger partial charge < -0.3 is 5.11 Å². The van der Waals surface area contributed by atoms with E-state index in [2.05, 4.69) is 20.8 Å². The van der Waals surface area contributed by atoms with Gasteiger partial charge >= 0.3 is 5.97 Å². The van der Waals surface area contributed by atoms with Crippen molar-refractivity contribution in [2.45, 2.75) is 137 Å². The van der Waals surface area contributed by atoms with E-state index in [9.17, 15) is 4.79 Å². The van der Waals surface area contributed by atoms with Crippen LogP contribution in [0.15, 0.2) is 0 Å². The van der Waals surface area contributed by atoms with Gasteiger partial charge in [-0.2, -0.15) is 0 Å². The van der Waals surface area contributed by atoms with E-state index in [0.717, 1.165) is 24.7 Å². The van der Waals surface area contributed by atoms with Gasteiger partial charge in [0, 0.05) is 0 Å². The minimum atomic E-state index is -0.648. The molecule has 0 aromatic rings. The third-order valence-corrected chi connectivity index (χ3v) is 6.20. The first kappa shape index (κ1) is 26.5. The van der Waals surface area contributed by atoms with Crippen LogP contribution in [0.2, 0.25) is 0 Å². The van der Waals surface area contributed by atoms with Crippen LogP contribution in [0.1, 0.15) is 137 Å². The minimum Gasteiger partial charge on any atom is -0.481 e. The molecule has 3 unspecified atom stereocenters. The lowest BCUT2D eigenvalue weighted by Crippen LogP contribution is -2.08. The molecular weight excluding hydrogens is 332 g/mol. The molecule has 1 N–H and O–H groups in total. The number of unbranched alkanes of at least 4 members (excludes halogenated alkanes) is 9. The van der Waals surface area contributed by atoms with E-state index in [-0.39, 0.29) is 5.92 Å². The summed E-state index contributed by atoms with van der Waals surface area (Å²) in [5, 5.41) is 8.87. The van der Waals surface area contributed by atoms with E-state index in [1.165, 1.54) is 96.3 Å². The molecule has 0 amide bonds. The molecule has 0 aromatic carbocycles. The van der Waals surface area contributed by atoms with Crippen LogP contribution in [0.5, 0.6) is 0 Å². The van der Waals surface area contributed by atoms with Gasteiger partial charge in [-0.3, -0.25) is 4.79 Å². The highest BCUT2D eigenvalue weighted by Crippen LogP contribution is 2.21. The van der Waals surface area contributed by atoms with Crippen LogP contribution in [0.25, 0.3) is 0 Å². The van der Waals surface area contributed by atoms with Gasteiger partial charge in [0.05, 0.1) is 5.92 Å². The quantitative estimate of drug-likeness (QED) is 0.214. The number of aliphatic carboxylic acids is 1. The Kier molecular flexibility index (Phi) is 18.4. The Labute approximate surface area is 170 Å². The maximum atomic E-state index is 10.8. The molecule has 0 fully saturated rings. The summed E-state index contributed by atoms with van der Waals surface area (Å²) in [6, 6.07) is 0. The monoisotopic (exact) mass is 382 g/mol. The van der Waals surface area contributed by atoms with Crippen molar-refractivity contribution in [3.63, 3.8) is 0 Å². The largest absolute Gasteiger partial charge is 0.481 e. The van der Waals surface area contributed by atoms with Gasteiger partial charge in [0.2, 0.25) is 0 Å². The van der Waals surface area contributed by atoms with Crippen LogP contribution < -0.4 is 0 Å². The van der Waals surface area contributed by atoms with E-state index in [1.807, 2.05) is 6.92 Å². The van der Waals surface area contributed by atoms with E-state index >= 15 is 0 Å². The Hall–Kier alpha value is -0.530. The molecule has 2 nitrogen and oxygen atoms in total. The molecule has 0 saturated heterocycles. The average molecular weight is 383 g/mol. The molecule has 27 heavy (non-hydrogen) atoms. The van der Waals surface area contributed by atoms with Crippen molar-refractivity contribution in [1.82, 2.24) is 0 Å². The summed E-state index contributed by atoms with van der Waals surface area (Å²) in [5.74, 6) is 0.987. The summed E-state index contributed by atoms with van der Waals surface area (Å²) in [6.07, 6.45) is 22.6. The van der Waals surface area contributed by atoms with E-state index in [0.29, 0.717) is 0 Å². The summed E-state index contributed by atoms with van der Waals surface area (Å²) < 4.78 is 0. The Bertz CT molecular complexity index is 326. The lowest BCUT2D eigenvalue weighted by atomic mass is 9.93. The van der Waals surface area contributed by atoms with Crippen LogP contribution in [-0.4, -0.2) is 11.1 Å². The minimum absolute atomic E-state index is 0.172. The lowest BCUT2D eigenvalue weighted by molar-refractivity contribution is -0.141. The topological polar surface area (TPSA) is 37.3 Å². The number of carbonyl (C=O) groups is 1. The highest BCUT2D eigenvalue weighted by Gasteiger charge is 2.09. The Balaban J connectivity index is 3.34. The second-order valence-corrected chi connectivity index (χ2v) is 9.28. The number of carboxylic acids is 1. The molecular formula is C25H50O2. The molecule has 0 heterocycles. The first-order valence-corrected chi connectivity index (χ1v) is 12.2. The molecule has 0 aliphatic rings. The highest BCUT2D eigenvalue weighted by molar-refractivity contribution is 5.69. The molecule has 2 heteroatoms. The zero-order chi connectivity index (χ0) is 20.3. The van der Waals surface area contributed by atoms with Crippen molar-refractivity contribution in [1.29, 1.82) is 0 Å². The van der Waals surface area contributed by atoms with Crippen LogP contribution in [-0.2, 0) is 4.79 Å². The maximum absolute atomic E-state index is 10.8. The fourth-order valence-corrected chi connectivity index (χ4v) is 3.97. The fraction of sp³-hybridized carbons (Fsp3) is 0.960. The van der Waals surface area contributed by atoms with E-state index in [4.69, 9.17) is 5.11 Å². The van der Waals surface area contributed by atoms with Crippen molar-refractivity contribution >= 4 is 5.97 Å². The molecule has 0 rings (SSSR count). The molecule has 3 atom stereocenters. The summed E-state index contributed by atoms with van der Waals surface area (Å²) in [7, 11) is 0. The number of hydrogen-bond donors (Lipinski definition) is 1. The standard InChI is InChI=1S/C25H50O2/c1-5-6-7-12-17-22(2)19-14-11-15-20-23(3)18-13-9-8-10-16-21-24(4)25(26)27/h22-24H,5-21H2,1-4H3,(H,26,27). The molecule has 0 aliphatic carbocycles. The molecule has 162 valence electrons. The number of hydrogen-bond acceptors (Lipinski definition) is 1. The SMILES string of the molecule is CCCCCCC(C)CCCCCC(C)CCCCCCCC(C)C(=O)O. The van der Waals surface area contributed by atoms with Crippen LogP contribution in [0, 0.1) is 17.8 Å². The molecule has 0 saturated carbocycles. The van der Waals surface area contributed by atoms with Gasteiger partial charge in [0.25, 0.3) is 0 Å². The number of carboxylic acid groups (broad SMARTS) is 1. The van der Waals surface area contributed by atoms with Gasteiger partial charge in [0.1, 0.15) is 0 Å². The Morgan fingerprint density at radius 1 is 0.593 bits per heavy atom. The average Bonchev–Trinajstić information content (AvgIpc) is 2.63. The first-order valence-electron chi connectivity index (χ1n) is 12.2. The lowest BCUT2D eigenvalue weighted by Gasteiger charge is -2.13. The third-order valence-electron chi connectivity index (χ3n) is 6.20. The molecule has 0 spiro atoms. The maximum Gasteiger partial charge on any atom is 0.306 e. The van der Waals surface area contributed by atoms with Gasteiger partial charge in [-0.15, -0.1) is 0 Å². The van der Waals surface area contributed by atoms with Crippen molar-refractivity contribution in [3.05, 3.63) is 0 Å². The van der Waals surface area contributed by atoms with Crippen molar-refractivity contribution in [2.75, 3.05) is 0 Å². The highest BCUT2D eigenvalue weighted by atomic mass is 16.4. The zero-order valence-electron chi connectivity index (χ0n) is 19.1. The molecule has 0 bridgehead atoms. The van der Waals surface area contributed by atoms with E-state index in [1.54, 1.807) is 0 Å². The van der Waals surface area contributed by atoms with Gasteiger partial charge in [-0.05, 0) is 18.3 Å². The van der Waals surface area contributed by atoms with Crippen molar-refractivity contribution < 1.29 is 9.90 Å². The van der Waals surface area contributed by atoms with E-state index < -0.39 is 5.97 Å². The van der Waals surface area contributed by atoms with Gasteiger partial charge in [-0.1, -0.05) is 130 Å². The fourth-order valence-electron chi connectivity index (χ4n) is 3.97.